The predicted octanol–water partition coefficient (Wildman–Crippen LogP) is 1.92. The van der Waals surface area contributed by atoms with Crippen molar-refractivity contribution in [2.75, 3.05) is 17.2 Å². The van der Waals surface area contributed by atoms with Gasteiger partial charge in [0.05, 0.1) is 17.4 Å². The summed E-state index contributed by atoms with van der Waals surface area (Å²) in [5.41, 5.74) is 12.6. The number of carbonyl (C=O) groups is 1. The maximum atomic E-state index is 11.3. The zero-order chi connectivity index (χ0) is 13.8. The van der Waals surface area contributed by atoms with Crippen LogP contribution in [0, 0.1) is 0 Å². The molecule has 0 aliphatic heterocycles. The first-order chi connectivity index (χ1) is 9.13. The monoisotopic (exact) mass is 256 g/mol. The second-order valence-corrected chi connectivity index (χ2v) is 4.07. The molecule has 19 heavy (non-hydrogen) atoms. The van der Waals surface area contributed by atoms with Crippen LogP contribution in [0.25, 0.3) is 0 Å². The lowest BCUT2D eigenvalue weighted by molar-refractivity contribution is 0.100. The van der Waals surface area contributed by atoms with Crippen molar-refractivity contribution in [3.63, 3.8) is 0 Å². The van der Waals surface area contributed by atoms with Crippen molar-refractivity contribution < 1.29 is 4.79 Å². The Morgan fingerprint density at radius 1 is 1.32 bits per heavy atom. The van der Waals surface area contributed by atoms with Gasteiger partial charge in [-0.1, -0.05) is 18.2 Å². The fraction of sp³-hybridized carbons (Fsp3) is 0.143. The Labute approximate surface area is 111 Å². The average Bonchev–Trinajstić information content (AvgIpc) is 2.42. The van der Waals surface area contributed by atoms with Gasteiger partial charge in [-0.25, -0.2) is 4.98 Å². The van der Waals surface area contributed by atoms with Gasteiger partial charge in [-0.2, -0.15) is 0 Å². The molecule has 2 aromatic rings. The molecule has 1 aromatic carbocycles. The number of anilines is 3. The first-order valence-electron chi connectivity index (χ1n) is 6.01. The number of nitrogens with two attached hydrogens (primary N) is 2. The maximum Gasteiger partial charge on any atom is 0.250 e. The predicted molar refractivity (Wildman–Crippen MR) is 76.3 cm³/mol. The van der Waals surface area contributed by atoms with Gasteiger partial charge in [0.1, 0.15) is 5.82 Å². The highest BCUT2D eigenvalue weighted by Crippen LogP contribution is 2.25. The van der Waals surface area contributed by atoms with Gasteiger partial charge in [0.25, 0.3) is 5.91 Å². The number of carbonyl (C=O) groups excluding carboxylic acids is 1. The van der Waals surface area contributed by atoms with Gasteiger partial charge in [-0.05, 0) is 25.1 Å². The number of rotatable bonds is 4. The van der Waals surface area contributed by atoms with Crippen molar-refractivity contribution in [3.05, 3.63) is 48.2 Å². The molecule has 0 unspecified atom stereocenters. The Morgan fingerprint density at radius 3 is 2.58 bits per heavy atom. The lowest BCUT2D eigenvalue weighted by atomic mass is 10.2. The fourth-order valence-electron chi connectivity index (χ4n) is 1.90. The van der Waals surface area contributed by atoms with E-state index in [4.69, 9.17) is 11.5 Å². The van der Waals surface area contributed by atoms with Crippen LogP contribution in [0.2, 0.25) is 0 Å². The number of pyridine rings is 1. The lowest BCUT2D eigenvalue weighted by Crippen LogP contribution is -2.20. The number of amides is 1. The number of nitrogen functional groups attached to an aromatic ring is 1. The minimum atomic E-state index is -0.551. The van der Waals surface area contributed by atoms with Crippen molar-refractivity contribution in [3.8, 4) is 0 Å². The molecular weight excluding hydrogens is 240 g/mol. The maximum absolute atomic E-state index is 11.3. The number of nitrogens with zero attached hydrogens (tertiary/aromatic N) is 2. The van der Waals surface area contributed by atoms with Crippen molar-refractivity contribution in [1.29, 1.82) is 0 Å². The van der Waals surface area contributed by atoms with Crippen LogP contribution in [-0.4, -0.2) is 17.4 Å². The molecule has 5 nitrogen and oxygen atoms in total. The van der Waals surface area contributed by atoms with Crippen LogP contribution in [0.3, 0.4) is 0 Å². The molecule has 0 fully saturated rings. The molecule has 4 N–H and O–H groups in total. The quantitative estimate of drug-likeness (QED) is 0.875. The Bertz CT molecular complexity index is 583. The Hall–Kier alpha value is -2.56. The summed E-state index contributed by atoms with van der Waals surface area (Å²) in [6.07, 6.45) is 1.46. The smallest absolute Gasteiger partial charge is 0.250 e. The van der Waals surface area contributed by atoms with Gasteiger partial charge < -0.3 is 16.4 Å². The van der Waals surface area contributed by atoms with Gasteiger partial charge in [0.2, 0.25) is 0 Å². The minimum absolute atomic E-state index is 0.291. The summed E-state index contributed by atoms with van der Waals surface area (Å²) in [7, 11) is 0. The topological polar surface area (TPSA) is 85.2 Å². The highest BCUT2D eigenvalue weighted by molar-refractivity contribution is 5.98. The molecule has 0 atom stereocenters. The van der Waals surface area contributed by atoms with E-state index in [-0.39, 0.29) is 0 Å². The molecule has 0 saturated heterocycles. The van der Waals surface area contributed by atoms with E-state index < -0.39 is 5.91 Å². The van der Waals surface area contributed by atoms with Crippen LogP contribution in [0.5, 0.6) is 0 Å². The number of aromatic nitrogens is 1. The summed E-state index contributed by atoms with van der Waals surface area (Å²) in [4.78, 5) is 17.6. The molecule has 0 saturated carbocycles. The SMILES string of the molecule is CCN(c1ccccc1)c1cc(C(N)=O)c(N)cn1. The van der Waals surface area contributed by atoms with E-state index in [0.717, 1.165) is 12.2 Å². The van der Waals surface area contributed by atoms with E-state index in [9.17, 15) is 4.79 Å². The third-order valence-corrected chi connectivity index (χ3v) is 2.85. The zero-order valence-electron chi connectivity index (χ0n) is 10.7. The van der Waals surface area contributed by atoms with Crippen molar-refractivity contribution >= 4 is 23.1 Å². The van der Waals surface area contributed by atoms with Gasteiger partial charge in [-0.15, -0.1) is 0 Å². The Morgan fingerprint density at radius 2 is 2.00 bits per heavy atom. The number of primary amides is 1. The molecule has 1 amide bonds. The number of para-hydroxylation sites is 1. The van der Waals surface area contributed by atoms with E-state index in [0.29, 0.717) is 17.1 Å². The van der Waals surface area contributed by atoms with Gasteiger partial charge in [0.15, 0.2) is 0 Å². The highest BCUT2D eigenvalue weighted by Gasteiger charge is 2.13. The van der Waals surface area contributed by atoms with E-state index in [1.54, 1.807) is 6.07 Å². The third-order valence-electron chi connectivity index (χ3n) is 2.85. The summed E-state index contributed by atoms with van der Waals surface area (Å²) >= 11 is 0. The Kier molecular flexibility index (Phi) is 3.66. The van der Waals surface area contributed by atoms with Crippen molar-refractivity contribution in [2.24, 2.45) is 5.73 Å². The first-order valence-corrected chi connectivity index (χ1v) is 6.01. The summed E-state index contributed by atoms with van der Waals surface area (Å²) < 4.78 is 0. The van der Waals surface area contributed by atoms with E-state index in [1.807, 2.05) is 42.2 Å². The standard InChI is InChI=1S/C14H16N4O/c1-2-18(10-6-4-3-5-7-10)13-8-11(14(16)19)12(15)9-17-13/h3-9H,2,15H2,1H3,(H2,16,19). The number of hydrogen-bond donors (Lipinski definition) is 2. The van der Waals surface area contributed by atoms with E-state index >= 15 is 0 Å². The molecule has 1 aromatic heterocycles. The molecule has 98 valence electrons. The second-order valence-electron chi connectivity index (χ2n) is 4.07. The van der Waals surface area contributed by atoms with Crippen LogP contribution in [0.4, 0.5) is 17.2 Å². The first kappa shape index (κ1) is 12.9. The molecule has 0 aliphatic carbocycles. The van der Waals surface area contributed by atoms with Crippen LogP contribution in [0.1, 0.15) is 17.3 Å². The fourth-order valence-corrected chi connectivity index (χ4v) is 1.90. The largest absolute Gasteiger partial charge is 0.397 e. The lowest BCUT2D eigenvalue weighted by Gasteiger charge is -2.22. The molecule has 0 bridgehead atoms. The minimum Gasteiger partial charge on any atom is -0.397 e. The van der Waals surface area contributed by atoms with Crippen molar-refractivity contribution in [1.82, 2.24) is 4.98 Å². The number of benzene rings is 1. The normalized spacial score (nSPS) is 10.2. The van der Waals surface area contributed by atoms with Crippen LogP contribution in [0.15, 0.2) is 42.6 Å². The number of hydrogen-bond acceptors (Lipinski definition) is 4. The molecule has 0 spiro atoms. The third kappa shape index (κ3) is 2.65. The van der Waals surface area contributed by atoms with Gasteiger partial charge in [0, 0.05) is 12.2 Å². The molecule has 5 heteroatoms. The molecule has 0 aliphatic rings. The second kappa shape index (κ2) is 5.39. The van der Waals surface area contributed by atoms with Crippen LogP contribution in [-0.2, 0) is 0 Å². The molecular formula is C14H16N4O. The summed E-state index contributed by atoms with van der Waals surface area (Å²) in [5.74, 6) is 0.0990. The highest BCUT2D eigenvalue weighted by atomic mass is 16.1. The summed E-state index contributed by atoms with van der Waals surface area (Å²) in [6, 6.07) is 11.4. The van der Waals surface area contributed by atoms with Gasteiger partial charge >= 0.3 is 0 Å². The average molecular weight is 256 g/mol. The van der Waals surface area contributed by atoms with Crippen LogP contribution >= 0.6 is 0 Å². The van der Waals surface area contributed by atoms with Crippen LogP contribution < -0.4 is 16.4 Å². The van der Waals surface area contributed by atoms with Crippen molar-refractivity contribution in [2.45, 2.75) is 6.92 Å². The summed E-state index contributed by atoms with van der Waals surface area (Å²) in [5, 5.41) is 0. The molecule has 1 heterocycles. The Balaban J connectivity index is 2.45. The molecule has 0 radical (unpaired) electrons. The van der Waals surface area contributed by atoms with E-state index in [1.165, 1.54) is 6.20 Å². The van der Waals surface area contributed by atoms with E-state index in [2.05, 4.69) is 4.98 Å². The van der Waals surface area contributed by atoms with Gasteiger partial charge in [-0.3, -0.25) is 4.79 Å². The zero-order valence-corrected chi connectivity index (χ0v) is 10.7. The summed E-state index contributed by atoms with van der Waals surface area (Å²) in [6.45, 7) is 2.73. The molecule has 2 rings (SSSR count).